The molecular formula is C39H30N6O. The quantitative estimate of drug-likeness (QED) is 0.163. The molecule has 0 bridgehead atoms. The van der Waals surface area contributed by atoms with E-state index in [1.807, 2.05) is 48.5 Å². The van der Waals surface area contributed by atoms with Crippen LogP contribution in [0.25, 0.3) is 22.3 Å². The minimum absolute atomic E-state index is 0.134. The van der Waals surface area contributed by atoms with Crippen LogP contribution in [0.3, 0.4) is 0 Å². The van der Waals surface area contributed by atoms with Gasteiger partial charge in [-0.25, -0.2) is 9.97 Å². The fraction of sp³-hybridized carbons (Fsp3) is 0.0769. The van der Waals surface area contributed by atoms with Crippen LogP contribution in [-0.4, -0.2) is 25.4 Å². The molecule has 3 aromatic heterocycles. The Kier molecular flexibility index (Phi) is 7.04. The highest BCUT2D eigenvalue weighted by Gasteiger charge is 2.37. The third-order valence-electron chi connectivity index (χ3n) is 8.55. The SMILES string of the molecule is c1ccc([C@@H](Cc2nc3ccccc3o2)c2cc(NC(c3ccccc3)(c3ccccc3)c3ccccc3)nc3n[nH]nc23)cc1. The molecule has 0 amide bonds. The molecule has 1 atom stereocenters. The summed E-state index contributed by atoms with van der Waals surface area (Å²) < 4.78 is 6.23. The molecule has 0 spiro atoms. The van der Waals surface area contributed by atoms with Gasteiger partial charge in [0.2, 0.25) is 5.65 Å². The molecule has 0 aliphatic heterocycles. The number of rotatable bonds is 9. The van der Waals surface area contributed by atoms with E-state index in [1.165, 1.54) is 0 Å². The van der Waals surface area contributed by atoms with Crippen molar-refractivity contribution < 1.29 is 4.42 Å². The Balaban J connectivity index is 1.32. The first-order valence-electron chi connectivity index (χ1n) is 15.3. The molecular weight excluding hydrogens is 568 g/mol. The lowest BCUT2D eigenvalue weighted by Gasteiger charge is -2.37. The van der Waals surface area contributed by atoms with Gasteiger partial charge in [0.1, 0.15) is 22.4 Å². The van der Waals surface area contributed by atoms with Crippen LogP contribution in [0.4, 0.5) is 5.82 Å². The first-order chi connectivity index (χ1) is 22.8. The summed E-state index contributed by atoms with van der Waals surface area (Å²) in [5, 5.41) is 15.8. The van der Waals surface area contributed by atoms with Crippen LogP contribution < -0.4 is 5.32 Å². The zero-order chi connectivity index (χ0) is 30.8. The Bertz CT molecular complexity index is 2080. The molecule has 0 saturated carbocycles. The minimum atomic E-state index is -0.756. The zero-order valence-corrected chi connectivity index (χ0v) is 24.9. The van der Waals surface area contributed by atoms with E-state index < -0.39 is 5.54 Å². The molecule has 46 heavy (non-hydrogen) atoms. The maximum atomic E-state index is 6.23. The summed E-state index contributed by atoms with van der Waals surface area (Å²) in [6.07, 6.45) is 0.533. The van der Waals surface area contributed by atoms with E-state index in [0.29, 0.717) is 29.3 Å². The molecule has 7 heteroatoms. The topological polar surface area (TPSA) is 92.5 Å². The molecule has 222 valence electrons. The first-order valence-corrected chi connectivity index (χ1v) is 15.3. The molecule has 0 aliphatic carbocycles. The highest BCUT2D eigenvalue weighted by Crippen LogP contribution is 2.41. The third kappa shape index (κ3) is 4.98. The van der Waals surface area contributed by atoms with Gasteiger partial charge in [-0.3, -0.25) is 0 Å². The van der Waals surface area contributed by atoms with Crippen LogP contribution in [0.5, 0.6) is 0 Å². The number of oxazole rings is 1. The van der Waals surface area contributed by atoms with E-state index >= 15 is 0 Å². The van der Waals surface area contributed by atoms with Crippen molar-refractivity contribution >= 4 is 28.1 Å². The average Bonchev–Trinajstić information content (AvgIpc) is 3.78. The molecule has 0 radical (unpaired) electrons. The lowest BCUT2D eigenvalue weighted by molar-refractivity contribution is 0.515. The number of benzene rings is 5. The standard InChI is InChI=1S/C39H30N6O/c1-5-15-27(16-6-1)31(26-36-40-33-23-13-14-24-34(33)46-36)32-25-35(41-38-37(32)43-45-44-38)42-39(28-17-7-2-8-18-28,29-19-9-3-10-20-29)30-21-11-4-12-22-30/h1-25,31H,26H2,(H2,41,42,43,44,45)/t31-/m1/s1. The average molecular weight is 599 g/mol. The number of hydrogen-bond acceptors (Lipinski definition) is 6. The van der Waals surface area contributed by atoms with E-state index in [0.717, 1.165) is 38.9 Å². The Morgan fingerprint density at radius 1 is 0.630 bits per heavy atom. The van der Waals surface area contributed by atoms with Crippen LogP contribution in [-0.2, 0) is 12.0 Å². The smallest absolute Gasteiger partial charge is 0.203 e. The number of pyridine rings is 1. The molecule has 8 aromatic rings. The van der Waals surface area contributed by atoms with Crippen molar-refractivity contribution in [2.45, 2.75) is 17.9 Å². The molecule has 0 unspecified atom stereocenters. The van der Waals surface area contributed by atoms with Crippen molar-refractivity contribution in [3.8, 4) is 0 Å². The van der Waals surface area contributed by atoms with Gasteiger partial charge in [-0.05, 0) is 46.0 Å². The van der Waals surface area contributed by atoms with E-state index in [4.69, 9.17) is 14.4 Å². The molecule has 5 aromatic carbocycles. The van der Waals surface area contributed by atoms with Gasteiger partial charge >= 0.3 is 0 Å². The van der Waals surface area contributed by atoms with E-state index in [2.05, 4.69) is 124 Å². The highest BCUT2D eigenvalue weighted by atomic mass is 16.3. The van der Waals surface area contributed by atoms with Gasteiger partial charge in [0.05, 0.1) is 0 Å². The Morgan fingerprint density at radius 2 is 1.20 bits per heavy atom. The van der Waals surface area contributed by atoms with Crippen molar-refractivity contribution in [3.63, 3.8) is 0 Å². The van der Waals surface area contributed by atoms with Crippen LogP contribution in [0, 0.1) is 0 Å². The number of H-pyrrole nitrogens is 1. The minimum Gasteiger partial charge on any atom is -0.441 e. The van der Waals surface area contributed by atoms with Gasteiger partial charge in [0.25, 0.3) is 0 Å². The first kappa shape index (κ1) is 27.5. The Morgan fingerprint density at radius 3 is 1.80 bits per heavy atom. The van der Waals surface area contributed by atoms with Crippen LogP contribution >= 0.6 is 0 Å². The Hall–Kier alpha value is -6.08. The molecule has 8 rings (SSSR count). The van der Waals surface area contributed by atoms with Crippen LogP contribution in [0.1, 0.15) is 39.6 Å². The van der Waals surface area contributed by atoms with Crippen molar-refractivity contribution in [2.75, 3.05) is 5.32 Å². The largest absolute Gasteiger partial charge is 0.441 e. The second kappa shape index (κ2) is 11.8. The van der Waals surface area contributed by atoms with Crippen LogP contribution in [0.2, 0.25) is 0 Å². The summed E-state index contributed by atoms with van der Waals surface area (Å²) in [7, 11) is 0. The second-order valence-corrected chi connectivity index (χ2v) is 11.3. The molecule has 2 N–H and O–H groups in total. The van der Waals surface area contributed by atoms with Gasteiger partial charge in [-0.15, -0.1) is 5.10 Å². The number of para-hydroxylation sites is 2. The number of nitrogens with zero attached hydrogens (tertiary/aromatic N) is 4. The van der Waals surface area contributed by atoms with Gasteiger partial charge in [-0.2, -0.15) is 10.3 Å². The van der Waals surface area contributed by atoms with E-state index in [9.17, 15) is 0 Å². The van der Waals surface area contributed by atoms with Gasteiger partial charge < -0.3 is 9.73 Å². The highest BCUT2D eigenvalue weighted by molar-refractivity contribution is 5.78. The normalized spacial score (nSPS) is 12.3. The summed E-state index contributed by atoms with van der Waals surface area (Å²) in [5.74, 6) is 1.20. The molecule has 3 heterocycles. The molecule has 0 fully saturated rings. The fourth-order valence-electron chi connectivity index (χ4n) is 6.44. The van der Waals surface area contributed by atoms with Crippen molar-refractivity contribution in [3.05, 3.63) is 185 Å². The third-order valence-corrected chi connectivity index (χ3v) is 8.55. The van der Waals surface area contributed by atoms with Crippen molar-refractivity contribution in [2.24, 2.45) is 0 Å². The van der Waals surface area contributed by atoms with Crippen molar-refractivity contribution in [1.82, 2.24) is 25.4 Å². The summed E-state index contributed by atoms with van der Waals surface area (Å²) in [4.78, 5) is 9.85. The number of aromatic amines is 1. The van der Waals surface area contributed by atoms with Crippen LogP contribution in [0.15, 0.2) is 156 Å². The van der Waals surface area contributed by atoms with Gasteiger partial charge in [0, 0.05) is 12.3 Å². The summed E-state index contributed by atoms with van der Waals surface area (Å²) >= 11 is 0. The second-order valence-electron chi connectivity index (χ2n) is 11.3. The maximum absolute atomic E-state index is 6.23. The predicted molar refractivity (Wildman–Crippen MR) is 181 cm³/mol. The van der Waals surface area contributed by atoms with E-state index in [-0.39, 0.29) is 5.92 Å². The summed E-state index contributed by atoms with van der Waals surface area (Å²) in [6.45, 7) is 0. The predicted octanol–water partition coefficient (Wildman–Crippen LogP) is 8.27. The lowest BCUT2D eigenvalue weighted by Crippen LogP contribution is -2.38. The molecule has 0 aliphatic rings. The zero-order valence-electron chi connectivity index (χ0n) is 24.9. The summed E-state index contributed by atoms with van der Waals surface area (Å²) in [5.41, 5.74) is 7.43. The number of aromatic nitrogens is 5. The number of fused-ring (bicyclic) bond motifs is 2. The van der Waals surface area contributed by atoms with Crippen molar-refractivity contribution in [1.29, 1.82) is 0 Å². The number of nitrogens with one attached hydrogen (secondary N) is 2. The van der Waals surface area contributed by atoms with Gasteiger partial charge in [0.15, 0.2) is 11.5 Å². The van der Waals surface area contributed by atoms with E-state index in [1.54, 1.807) is 0 Å². The molecule has 7 nitrogen and oxygen atoms in total. The number of anilines is 1. The maximum Gasteiger partial charge on any atom is 0.203 e. The monoisotopic (exact) mass is 598 g/mol. The molecule has 0 saturated heterocycles. The Labute approximate surface area is 266 Å². The number of hydrogen-bond donors (Lipinski definition) is 2. The summed E-state index contributed by atoms with van der Waals surface area (Å²) in [6, 6.07) is 51.9. The lowest BCUT2D eigenvalue weighted by atomic mass is 9.77. The fourth-order valence-corrected chi connectivity index (χ4v) is 6.44. The van der Waals surface area contributed by atoms with Gasteiger partial charge in [-0.1, -0.05) is 133 Å².